The van der Waals surface area contributed by atoms with Crippen molar-refractivity contribution in [1.29, 1.82) is 0 Å². The zero-order valence-corrected chi connectivity index (χ0v) is 10.5. The molecule has 0 bridgehead atoms. The molecule has 0 amide bonds. The molecule has 0 unspecified atom stereocenters. The molecular formula is O2SbSn2. The van der Waals surface area contributed by atoms with E-state index in [9.17, 15) is 0 Å². The summed E-state index contributed by atoms with van der Waals surface area (Å²) in [5, 5.41) is 0. The van der Waals surface area contributed by atoms with Crippen LogP contribution in [-0.2, 0) is 6.15 Å². The molecule has 0 aromatic rings. The van der Waals surface area contributed by atoms with E-state index in [1.165, 1.54) is 0 Å². The van der Waals surface area contributed by atoms with Crippen molar-refractivity contribution >= 4 is 69.5 Å². The summed E-state index contributed by atoms with van der Waals surface area (Å²) in [6.45, 7) is 0. The van der Waals surface area contributed by atoms with E-state index in [-0.39, 0.29) is 24.4 Å². The standard InChI is InChI=1S/2O.Sb.2Sn. The second-order valence-corrected chi connectivity index (χ2v) is 0. The van der Waals surface area contributed by atoms with Gasteiger partial charge in [0.15, 0.2) is 0 Å². The summed E-state index contributed by atoms with van der Waals surface area (Å²) < 4.78 is 16.7. The van der Waals surface area contributed by atoms with Gasteiger partial charge in [-0.2, -0.15) is 0 Å². The fraction of sp³-hybridized carbons (Fsp3) is 0. The van der Waals surface area contributed by atoms with Gasteiger partial charge in [0.25, 0.3) is 0 Å². The van der Waals surface area contributed by atoms with E-state index >= 15 is 0 Å². The molecule has 0 aromatic carbocycles. The molecule has 0 aromatic heterocycles. The molecular weight excluding hydrogens is 391 g/mol. The first-order valence-corrected chi connectivity index (χ1v) is 2.74. The zero-order valence-electron chi connectivity index (χ0n) is 2.26. The van der Waals surface area contributed by atoms with Gasteiger partial charge in [0.05, 0.1) is 0 Å². The van der Waals surface area contributed by atoms with Crippen molar-refractivity contribution < 1.29 is 6.15 Å². The molecule has 25 valence electrons. The topological polar surface area (TPSA) is 34.1 Å². The third-order valence-corrected chi connectivity index (χ3v) is 0. The molecule has 0 saturated carbocycles. The summed E-state index contributed by atoms with van der Waals surface area (Å²) in [7, 11) is 0. The van der Waals surface area contributed by atoms with Crippen LogP contribution < -0.4 is 0 Å². The Morgan fingerprint density at radius 2 is 0.800 bits per heavy atom. The molecule has 5 heteroatoms. The number of hydrogen-bond donors (Lipinski definition) is 0. The second kappa shape index (κ2) is 37.2. The Morgan fingerprint density at radius 3 is 0.800 bits per heavy atom. The number of hydrogen-bond acceptors (Lipinski definition) is 2. The van der Waals surface area contributed by atoms with Crippen LogP contribution in [0.15, 0.2) is 0 Å². The van der Waals surface area contributed by atoms with Gasteiger partial charge in [-0.05, 0) is 0 Å². The van der Waals surface area contributed by atoms with Gasteiger partial charge in [-0.25, -0.2) is 0 Å². The van der Waals surface area contributed by atoms with Crippen molar-refractivity contribution in [2.75, 3.05) is 0 Å². The van der Waals surface area contributed by atoms with Crippen LogP contribution >= 0.6 is 0 Å². The summed E-state index contributed by atoms with van der Waals surface area (Å²) in [6.07, 6.45) is 0. The van der Waals surface area contributed by atoms with Crippen LogP contribution in [0.3, 0.4) is 0 Å². The molecule has 5 heavy (non-hydrogen) atoms. The summed E-state index contributed by atoms with van der Waals surface area (Å²) in [6, 6.07) is 0. The van der Waals surface area contributed by atoms with Gasteiger partial charge in [-0.15, -0.1) is 0 Å². The van der Waals surface area contributed by atoms with Crippen molar-refractivity contribution in [2.24, 2.45) is 0 Å². The van der Waals surface area contributed by atoms with Gasteiger partial charge in [0.1, 0.15) is 0 Å². The predicted molar refractivity (Wildman–Crippen MR) is 18.6 cm³/mol. The van der Waals surface area contributed by atoms with Crippen LogP contribution in [-0.4, -0.2) is 69.5 Å². The summed E-state index contributed by atoms with van der Waals surface area (Å²) in [5.41, 5.74) is 0. The van der Waals surface area contributed by atoms with Gasteiger partial charge >= 0.3 is 51.2 Å². The predicted octanol–water partition coefficient (Wildman–Crippen LogP) is -1.38. The van der Waals surface area contributed by atoms with Crippen LogP contribution in [0.1, 0.15) is 0 Å². The van der Waals surface area contributed by atoms with Crippen LogP contribution in [0.4, 0.5) is 0 Å². The maximum absolute atomic E-state index is 8.34. The smallest absolute Gasteiger partial charge is 0 e. The first kappa shape index (κ1) is 15.7. The van der Waals surface area contributed by atoms with Gasteiger partial charge in [-0.1, -0.05) is 0 Å². The van der Waals surface area contributed by atoms with E-state index < -0.39 is 0 Å². The van der Waals surface area contributed by atoms with Gasteiger partial charge in [-0.3, -0.25) is 0 Å². The fourth-order valence-electron chi connectivity index (χ4n) is 0. The Balaban J connectivity index is -0.0000000133. The van der Waals surface area contributed by atoms with E-state index in [4.69, 9.17) is 6.15 Å². The minimum absolute atomic E-state index is 0. The van der Waals surface area contributed by atoms with Crippen molar-refractivity contribution in [2.45, 2.75) is 0 Å². The Morgan fingerprint density at radius 1 is 0.800 bits per heavy atom. The summed E-state index contributed by atoms with van der Waals surface area (Å²) in [5.74, 6) is 0. The summed E-state index contributed by atoms with van der Waals surface area (Å²) in [4.78, 5) is 0. The first-order valence-electron chi connectivity index (χ1n) is 0.408. The first-order chi connectivity index (χ1) is 2.00. The van der Waals surface area contributed by atoms with Crippen molar-refractivity contribution in [3.63, 3.8) is 0 Å². The van der Waals surface area contributed by atoms with Crippen LogP contribution in [0.5, 0.6) is 0 Å². The van der Waals surface area contributed by atoms with Gasteiger partial charge in [0, 0.05) is 24.4 Å². The van der Waals surface area contributed by atoms with Crippen molar-refractivity contribution in [1.82, 2.24) is 0 Å². The molecule has 0 aliphatic heterocycles. The molecule has 2 nitrogen and oxygen atoms in total. The van der Waals surface area contributed by atoms with Gasteiger partial charge < -0.3 is 0 Å². The molecule has 0 spiro atoms. The molecule has 0 N–H and O–H groups in total. The largest absolute Gasteiger partial charge is 0 e. The molecule has 0 rings (SSSR count). The van der Waals surface area contributed by atoms with Gasteiger partial charge in [0.2, 0.25) is 0 Å². The fourth-order valence-corrected chi connectivity index (χ4v) is 0. The van der Waals surface area contributed by atoms with Crippen LogP contribution in [0, 0.1) is 0 Å². The van der Waals surface area contributed by atoms with Crippen LogP contribution in [0.25, 0.3) is 0 Å². The molecule has 7 radical (unpaired) electrons. The maximum Gasteiger partial charge on any atom is 0 e. The van der Waals surface area contributed by atoms with E-state index in [0.29, 0.717) is 45.0 Å². The zero-order chi connectivity index (χ0) is 4.00. The van der Waals surface area contributed by atoms with Crippen molar-refractivity contribution in [3.05, 3.63) is 0 Å². The van der Waals surface area contributed by atoms with E-state index in [1.54, 1.807) is 0 Å². The molecule has 0 aliphatic rings. The molecule has 0 fully saturated rings. The Bertz CT molecular complexity index is 9.61. The SMILES string of the molecule is [O]=[Sn].[O]=[Sn].[Sb]. The second-order valence-electron chi connectivity index (χ2n) is 0. The Hall–Kier alpha value is 2.02. The molecule has 0 saturated heterocycles. The normalized spacial score (nSPS) is 1.60. The molecule has 0 aliphatic carbocycles. The van der Waals surface area contributed by atoms with E-state index in [0.717, 1.165) is 0 Å². The van der Waals surface area contributed by atoms with Crippen molar-refractivity contribution in [3.8, 4) is 0 Å². The summed E-state index contributed by atoms with van der Waals surface area (Å²) >= 11 is 0.600. The van der Waals surface area contributed by atoms with E-state index in [2.05, 4.69) is 0 Å². The maximum atomic E-state index is 8.34. The Labute approximate surface area is 74.5 Å². The third kappa shape index (κ3) is 23.9. The molecule has 0 atom stereocenters. The quantitative estimate of drug-likeness (QED) is 0.478. The monoisotopic (exact) mass is 393 g/mol. The average Bonchev–Trinajstić information content (AvgIpc) is 1.50. The minimum Gasteiger partial charge on any atom is 0 e. The molecule has 0 heterocycles. The Kier molecular flexibility index (Phi) is 117. The van der Waals surface area contributed by atoms with Crippen LogP contribution in [0.2, 0.25) is 0 Å². The minimum atomic E-state index is 0. The average molecular weight is 391 g/mol. The number of rotatable bonds is 0. The third-order valence-electron chi connectivity index (χ3n) is 0. The van der Waals surface area contributed by atoms with E-state index in [1.807, 2.05) is 0 Å².